The molecule has 1 aliphatic rings. The van der Waals surface area contributed by atoms with Crippen molar-refractivity contribution in [2.75, 3.05) is 5.32 Å². The Balaban J connectivity index is 2.12. The molecule has 0 bridgehead atoms. The largest absolute Gasteiger partial charge is 0.324 e. The van der Waals surface area contributed by atoms with Gasteiger partial charge < -0.3 is 5.32 Å². The van der Waals surface area contributed by atoms with Crippen molar-refractivity contribution in [1.29, 1.82) is 0 Å². The van der Waals surface area contributed by atoms with Crippen molar-refractivity contribution in [2.45, 2.75) is 15.3 Å². The number of rotatable bonds is 3. The zero-order valence-electron chi connectivity index (χ0n) is 10.7. The highest BCUT2D eigenvalue weighted by Crippen LogP contribution is 2.19. The van der Waals surface area contributed by atoms with Gasteiger partial charge in [-0.25, -0.2) is 5.43 Å². The van der Waals surface area contributed by atoms with E-state index in [9.17, 15) is 9.59 Å². The molecule has 0 aliphatic carbocycles. The number of carbonyl (C=O) groups excluding carboxylic acids is 2. The summed E-state index contributed by atoms with van der Waals surface area (Å²) in [5, 5.41) is 6.93. The maximum atomic E-state index is 11.6. The summed E-state index contributed by atoms with van der Waals surface area (Å²) in [5.74, 6) is 0.00659. The first-order valence-electron chi connectivity index (χ1n) is 6.03. The van der Waals surface area contributed by atoms with E-state index in [4.69, 9.17) is 0 Å². The van der Waals surface area contributed by atoms with Gasteiger partial charge in [0.15, 0.2) is 0 Å². The lowest BCUT2D eigenvalue weighted by atomic mass is 9.94. The number of carbonyl (C=O) groups is 2. The molecule has 5 nitrogen and oxygen atoms in total. The fourth-order valence-corrected chi connectivity index (χ4v) is 2.23. The topological polar surface area (TPSA) is 70.6 Å². The van der Waals surface area contributed by atoms with Crippen LogP contribution in [0.1, 0.15) is 18.9 Å². The maximum Gasteiger partial charge on any atom is 0.247 e. The molecule has 1 unspecified atom stereocenters. The number of anilines is 1. The number of hydrogen-bond donors (Lipinski definition) is 2. The summed E-state index contributed by atoms with van der Waals surface area (Å²) in [6.07, 6.45) is 0.447. The number of benzene rings is 1. The number of alkyl halides is 2. The van der Waals surface area contributed by atoms with E-state index in [0.29, 0.717) is 6.42 Å². The quantitative estimate of drug-likeness (QED) is 0.499. The van der Waals surface area contributed by atoms with Crippen molar-refractivity contribution in [2.24, 2.45) is 11.0 Å². The van der Waals surface area contributed by atoms with Crippen molar-refractivity contribution >= 4 is 68.4 Å². The van der Waals surface area contributed by atoms with Crippen LogP contribution in [0.5, 0.6) is 0 Å². The van der Waals surface area contributed by atoms with E-state index in [2.05, 4.69) is 61.0 Å². The van der Waals surface area contributed by atoms with Crippen LogP contribution in [-0.4, -0.2) is 19.5 Å². The van der Waals surface area contributed by atoms with Gasteiger partial charge in [-0.2, -0.15) is 5.10 Å². The number of hydrogen-bond acceptors (Lipinski definition) is 3. The van der Waals surface area contributed by atoms with Crippen LogP contribution < -0.4 is 10.7 Å². The molecule has 0 saturated carbocycles. The molecule has 0 aromatic heterocycles. The molecular formula is C13H13I2N3O2. The molecule has 0 fully saturated rings. The Hall–Kier alpha value is -0.710. The normalized spacial score (nSPS) is 18.5. The molecule has 1 atom stereocenters. The predicted octanol–water partition coefficient (Wildman–Crippen LogP) is 2.68. The fraction of sp³-hybridized carbons (Fsp3) is 0.308. The van der Waals surface area contributed by atoms with Gasteiger partial charge in [0.1, 0.15) is 1.93 Å². The van der Waals surface area contributed by atoms with E-state index in [1.54, 1.807) is 0 Å². The smallest absolute Gasteiger partial charge is 0.247 e. The van der Waals surface area contributed by atoms with E-state index >= 15 is 0 Å². The highest BCUT2D eigenvalue weighted by molar-refractivity contribution is 14.2. The predicted molar refractivity (Wildman–Crippen MR) is 95.4 cm³/mol. The van der Waals surface area contributed by atoms with Gasteiger partial charge in [-0.05, 0) is 17.7 Å². The zero-order chi connectivity index (χ0) is 14.7. The van der Waals surface area contributed by atoms with Gasteiger partial charge in [-0.1, -0.05) is 64.2 Å². The molecular weight excluding hydrogens is 484 g/mol. The molecule has 1 aromatic rings. The molecule has 2 N–H and O–H groups in total. The van der Waals surface area contributed by atoms with Gasteiger partial charge in [0, 0.05) is 18.0 Å². The number of hydrazone groups is 1. The summed E-state index contributed by atoms with van der Waals surface area (Å²) >= 11 is 4.11. The van der Waals surface area contributed by atoms with E-state index in [1.165, 1.54) is 0 Å². The first-order chi connectivity index (χ1) is 9.47. The Morgan fingerprint density at radius 1 is 1.40 bits per heavy atom. The monoisotopic (exact) mass is 497 g/mol. The molecule has 106 valence electrons. The van der Waals surface area contributed by atoms with E-state index in [-0.39, 0.29) is 19.7 Å². The lowest BCUT2D eigenvalue weighted by Crippen LogP contribution is -2.31. The Morgan fingerprint density at radius 2 is 2.05 bits per heavy atom. The van der Waals surface area contributed by atoms with Crippen molar-refractivity contribution in [3.8, 4) is 0 Å². The summed E-state index contributed by atoms with van der Waals surface area (Å²) in [4.78, 5) is 22.8. The summed E-state index contributed by atoms with van der Waals surface area (Å²) in [5.41, 5.74) is 5.07. The van der Waals surface area contributed by atoms with Crippen molar-refractivity contribution in [3.63, 3.8) is 0 Å². The van der Waals surface area contributed by atoms with Crippen LogP contribution in [0, 0.1) is 5.92 Å². The minimum absolute atomic E-state index is 0.0328. The van der Waals surface area contributed by atoms with Crippen LogP contribution in [0.15, 0.2) is 29.4 Å². The number of amides is 2. The Bertz CT molecular complexity index is 555. The number of nitrogens with one attached hydrogen (secondary N) is 2. The molecule has 2 rings (SSSR count). The minimum Gasteiger partial charge on any atom is -0.324 e. The van der Waals surface area contributed by atoms with E-state index < -0.39 is 0 Å². The highest BCUT2D eigenvalue weighted by Gasteiger charge is 2.21. The third kappa shape index (κ3) is 3.90. The lowest BCUT2D eigenvalue weighted by molar-refractivity contribution is -0.122. The second-order valence-electron chi connectivity index (χ2n) is 4.50. The zero-order valence-corrected chi connectivity index (χ0v) is 15.0. The SMILES string of the molecule is CC1CC(=O)NN=C1c1ccc(NC(=O)C(I)I)cc1. The van der Waals surface area contributed by atoms with Crippen LogP contribution >= 0.6 is 45.2 Å². The van der Waals surface area contributed by atoms with Crippen LogP contribution in [0.25, 0.3) is 0 Å². The molecule has 1 heterocycles. The van der Waals surface area contributed by atoms with E-state index in [0.717, 1.165) is 17.0 Å². The average molecular weight is 497 g/mol. The third-order valence-corrected chi connectivity index (χ3v) is 4.04. The van der Waals surface area contributed by atoms with Gasteiger partial charge in [0.05, 0.1) is 5.71 Å². The third-order valence-electron chi connectivity index (χ3n) is 2.91. The molecule has 1 aromatic carbocycles. The van der Waals surface area contributed by atoms with Crippen molar-refractivity contribution in [1.82, 2.24) is 5.43 Å². The van der Waals surface area contributed by atoms with Crippen LogP contribution in [0.4, 0.5) is 5.69 Å². The van der Waals surface area contributed by atoms with Gasteiger partial charge in [0.25, 0.3) is 0 Å². The summed E-state index contributed by atoms with van der Waals surface area (Å²) in [6.45, 7) is 1.98. The Morgan fingerprint density at radius 3 is 2.60 bits per heavy atom. The molecule has 0 spiro atoms. The highest BCUT2D eigenvalue weighted by atomic mass is 127. The lowest BCUT2D eigenvalue weighted by Gasteiger charge is -2.19. The maximum absolute atomic E-state index is 11.6. The summed E-state index contributed by atoms with van der Waals surface area (Å²) < 4.78 is -0.108. The first-order valence-corrected chi connectivity index (χ1v) is 8.52. The molecule has 0 saturated heterocycles. The average Bonchev–Trinajstić information content (AvgIpc) is 2.40. The summed E-state index contributed by atoms with van der Waals surface area (Å²) in [6, 6.07) is 7.48. The van der Waals surface area contributed by atoms with Crippen molar-refractivity contribution in [3.05, 3.63) is 29.8 Å². The van der Waals surface area contributed by atoms with Crippen LogP contribution in [0.3, 0.4) is 0 Å². The van der Waals surface area contributed by atoms with Gasteiger partial charge >= 0.3 is 0 Å². The van der Waals surface area contributed by atoms with Crippen LogP contribution in [-0.2, 0) is 9.59 Å². The van der Waals surface area contributed by atoms with Crippen LogP contribution in [0.2, 0.25) is 0 Å². The van der Waals surface area contributed by atoms with Gasteiger partial charge in [0.2, 0.25) is 11.8 Å². The number of nitrogens with zero attached hydrogens (tertiary/aromatic N) is 1. The Labute approximate surface area is 144 Å². The second kappa shape index (κ2) is 6.83. The first kappa shape index (κ1) is 15.7. The van der Waals surface area contributed by atoms with E-state index in [1.807, 2.05) is 31.2 Å². The Kier molecular flexibility index (Phi) is 5.35. The second-order valence-corrected chi connectivity index (χ2v) is 9.38. The standard InChI is InChI=1S/C13H13I2N3O2/c1-7-6-10(19)17-18-11(7)8-2-4-9(5-3-8)16-13(20)12(14)15/h2-5,7,12H,6H2,1H3,(H,16,20)(H,17,19). The molecule has 2 amide bonds. The molecule has 1 aliphatic heterocycles. The fourth-order valence-electron chi connectivity index (χ4n) is 1.92. The summed E-state index contributed by atoms with van der Waals surface area (Å²) in [7, 11) is 0. The number of halogens is 2. The van der Waals surface area contributed by atoms with Gasteiger partial charge in [-0.15, -0.1) is 0 Å². The van der Waals surface area contributed by atoms with Crippen molar-refractivity contribution < 1.29 is 9.59 Å². The molecule has 0 radical (unpaired) electrons. The molecule has 7 heteroatoms. The molecule has 20 heavy (non-hydrogen) atoms. The van der Waals surface area contributed by atoms with Gasteiger partial charge in [-0.3, -0.25) is 9.59 Å². The minimum atomic E-state index is -0.108.